The minimum atomic E-state index is -0.102. The van der Waals surface area contributed by atoms with Crippen LogP contribution in [0.4, 0.5) is 0 Å². The van der Waals surface area contributed by atoms with Crippen molar-refractivity contribution in [2.75, 3.05) is 0 Å². The number of amides is 1. The Hall–Kier alpha value is -1.52. The first kappa shape index (κ1) is 14.9. The van der Waals surface area contributed by atoms with E-state index in [0.29, 0.717) is 15.1 Å². The average Bonchev–Trinajstić information content (AvgIpc) is 2.71. The largest absolute Gasteiger partial charge is 0.301 e. The molecule has 1 amide bonds. The fourth-order valence-corrected chi connectivity index (χ4v) is 2.59. The molecule has 1 heterocycles. The van der Waals surface area contributed by atoms with E-state index in [1.54, 1.807) is 6.08 Å². The molecular formula is C15H15ClN2OS. The number of benzene rings is 1. The summed E-state index contributed by atoms with van der Waals surface area (Å²) >= 11 is 7.18. The maximum Gasteiger partial charge on any atom is 0.264 e. The Morgan fingerprint density at radius 1 is 1.30 bits per heavy atom. The molecule has 1 N–H and O–H groups in total. The third-order valence-corrected chi connectivity index (χ3v) is 3.63. The summed E-state index contributed by atoms with van der Waals surface area (Å²) in [4.78, 5) is 16.7. The van der Waals surface area contributed by atoms with Gasteiger partial charge in [-0.25, -0.2) is 0 Å². The number of nitrogens with one attached hydrogen (secondary N) is 1. The van der Waals surface area contributed by atoms with Crippen LogP contribution in [0.25, 0.3) is 6.08 Å². The molecule has 0 unspecified atom stereocenters. The van der Waals surface area contributed by atoms with Crippen LogP contribution in [0, 0.1) is 0 Å². The van der Waals surface area contributed by atoms with Crippen molar-refractivity contribution in [1.82, 2.24) is 5.32 Å². The van der Waals surface area contributed by atoms with E-state index in [1.807, 2.05) is 50.3 Å². The van der Waals surface area contributed by atoms with Crippen LogP contribution in [-0.4, -0.2) is 17.1 Å². The summed E-state index contributed by atoms with van der Waals surface area (Å²) in [5.74, 6) is -0.102. The Kier molecular flexibility index (Phi) is 5.04. The molecule has 0 radical (unpaired) electrons. The van der Waals surface area contributed by atoms with Gasteiger partial charge < -0.3 is 5.32 Å². The van der Waals surface area contributed by atoms with Gasteiger partial charge in [-0.2, -0.15) is 0 Å². The van der Waals surface area contributed by atoms with Gasteiger partial charge in [0, 0.05) is 11.1 Å². The predicted octanol–water partition coefficient (Wildman–Crippen LogP) is 3.86. The molecule has 20 heavy (non-hydrogen) atoms. The van der Waals surface area contributed by atoms with Gasteiger partial charge >= 0.3 is 0 Å². The van der Waals surface area contributed by atoms with Gasteiger partial charge in [0.15, 0.2) is 5.17 Å². The topological polar surface area (TPSA) is 41.5 Å². The van der Waals surface area contributed by atoms with Crippen LogP contribution in [0.1, 0.15) is 19.4 Å². The van der Waals surface area contributed by atoms with Gasteiger partial charge in [0.1, 0.15) is 0 Å². The van der Waals surface area contributed by atoms with E-state index in [-0.39, 0.29) is 11.9 Å². The van der Waals surface area contributed by atoms with Crippen molar-refractivity contribution in [2.24, 2.45) is 4.99 Å². The van der Waals surface area contributed by atoms with Crippen molar-refractivity contribution < 1.29 is 4.79 Å². The van der Waals surface area contributed by atoms with Crippen LogP contribution >= 0.6 is 23.4 Å². The van der Waals surface area contributed by atoms with Gasteiger partial charge in [-0.15, -0.1) is 0 Å². The monoisotopic (exact) mass is 306 g/mol. The van der Waals surface area contributed by atoms with Crippen LogP contribution in [0.2, 0.25) is 5.02 Å². The average molecular weight is 307 g/mol. The van der Waals surface area contributed by atoms with Crippen molar-refractivity contribution in [3.8, 4) is 0 Å². The Labute approximate surface area is 127 Å². The highest BCUT2D eigenvalue weighted by molar-refractivity contribution is 8.18. The lowest BCUT2D eigenvalue weighted by molar-refractivity contribution is -0.115. The van der Waals surface area contributed by atoms with Crippen LogP contribution in [0.3, 0.4) is 0 Å². The Balaban J connectivity index is 2.05. The quantitative estimate of drug-likeness (QED) is 0.861. The first-order chi connectivity index (χ1) is 9.54. The second kappa shape index (κ2) is 6.77. The summed E-state index contributed by atoms with van der Waals surface area (Å²) in [6.07, 6.45) is 5.57. The van der Waals surface area contributed by atoms with Crippen LogP contribution in [-0.2, 0) is 4.79 Å². The van der Waals surface area contributed by atoms with Crippen LogP contribution in [0.5, 0.6) is 0 Å². The van der Waals surface area contributed by atoms with E-state index >= 15 is 0 Å². The fourth-order valence-electron chi connectivity index (χ4n) is 1.56. The number of nitrogens with zero attached hydrogens (tertiary/aromatic N) is 1. The van der Waals surface area contributed by atoms with E-state index in [0.717, 1.165) is 5.56 Å². The number of amidine groups is 1. The molecule has 0 atom stereocenters. The molecule has 1 aromatic carbocycles. The van der Waals surface area contributed by atoms with E-state index in [1.165, 1.54) is 11.8 Å². The van der Waals surface area contributed by atoms with E-state index in [4.69, 9.17) is 11.6 Å². The lowest BCUT2D eigenvalue weighted by atomic mass is 10.2. The summed E-state index contributed by atoms with van der Waals surface area (Å²) in [5.41, 5.74) is 1.03. The number of carbonyl (C=O) groups is 1. The standard InChI is InChI=1S/C15H15ClN2OS/c1-10(2)17-15-18-14(19)13(20-15)5-3-4-11-6-8-12(16)9-7-11/h3-10H,1-2H3,(H,17,18,19)/b4-3+,13-5+. The van der Waals surface area contributed by atoms with Gasteiger partial charge in [-0.05, 0) is 49.4 Å². The molecule has 0 spiro atoms. The molecule has 1 saturated heterocycles. The summed E-state index contributed by atoms with van der Waals surface area (Å²) in [5, 5.41) is 4.12. The molecule has 0 aliphatic carbocycles. The number of aliphatic imine (C=N–C) groups is 1. The van der Waals surface area contributed by atoms with Crippen molar-refractivity contribution in [3.63, 3.8) is 0 Å². The number of hydrogen-bond donors (Lipinski definition) is 1. The molecule has 0 bridgehead atoms. The lowest BCUT2D eigenvalue weighted by Crippen LogP contribution is -2.20. The zero-order valence-electron chi connectivity index (χ0n) is 11.3. The van der Waals surface area contributed by atoms with Crippen molar-refractivity contribution in [1.29, 1.82) is 0 Å². The molecule has 0 aromatic heterocycles. The molecule has 0 saturated carbocycles. The van der Waals surface area contributed by atoms with Crippen molar-refractivity contribution in [3.05, 3.63) is 51.9 Å². The molecule has 1 aromatic rings. The second-order valence-corrected chi connectivity index (χ2v) is 5.99. The van der Waals surface area contributed by atoms with E-state index in [9.17, 15) is 4.79 Å². The number of thioether (sulfide) groups is 1. The number of hydrogen-bond acceptors (Lipinski definition) is 3. The summed E-state index contributed by atoms with van der Waals surface area (Å²) in [6.45, 7) is 3.95. The third kappa shape index (κ3) is 4.25. The summed E-state index contributed by atoms with van der Waals surface area (Å²) < 4.78 is 0. The van der Waals surface area contributed by atoms with Gasteiger partial charge in [0.05, 0.1) is 4.91 Å². The highest BCUT2D eigenvalue weighted by atomic mass is 35.5. The zero-order valence-corrected chi connectivity index (χ0v) is 12.8. The molecule has 3 nitrogen and oxygen atoms in total. The molecule has 1 aliphatic heterocycles. The highest BCUT2D eigenvalue weighted by Crippen LogP contribution is 2.24. The number of rotatable bonds is 3. The maximum atomic E-state index is 11.7. The first-order valence-electron chi connectivity index (χ1n) is 6.25. The summed E-state index contributed by atoms with van der Waals surface area (Å²) in [7, 11) is 0. The fraction of sp³-hybridized carbons (Fsp3) is 0.200. The van der Waals surface area contributed by atoms with E-state index < -0.39 is 0 Å². The van der Waals surface area contributed by atoms with Crippen LogP contribution < -0.4 is 5.32 Å². The molecule has 1 fully saturated rings. The van der Waals surface area contributed by atoms with E-state index in [2.05, 4.69) is 10.3 Å². The Morgan fingerprint density at radius 2 is 2.00 bits per heavy atom. The van der Waals surface area contributed by atoms with Crippen molar-refractivity contribution >= 4 is 40.5 Å². The van der Waals surface area contributed by atoms with Crippen LogP contribution in [0.15, 0.2) is 46.3 Å². The number of carbonyl (C=O) groups excluding carboxylic acids is 1. The van der Waals surface area contributed by atoms with Gasteiger partial charge in [-0.3, -0.25) is 9.79 Å². The molecule has 2 rings (SSSR count). The third-order valence-electron chi connectivity index (χ3n) is 2.43. The normalized spacial score (nSPS) is 19.5. The summed E-state index contributed by atoms with van der Waals surface area (Å²) in [6, 6.07) is 7.68. The second-order valence-electron chi connectivity index (χ2n) is 4.53. The Morgan fingerprint density at radius 3 is 2.65 bits per heavy atom. The van der Waals surface area contributed by atoms with Crippen molar-refractivity contribution in [2.45, 2.75) is 19.9 Å². The Bertz CT molecular complexity index is 588. The molecule has 104 valence electrons. The SMILES string of the molecule is CC(C)N=C1NC(=O)/C(=C\C=C\c2ccc(Cl)cc2)S1. The number of halogens is 1. The molecule has 5 heteroatoms. The molecular weight excluding hydrogens is 292 g/mol. The zero-order chi connectivity index (χ0) is 14.5. The lowest BCUT2D eigenvalue weighted by Gasteiger charge is -1.97. The smallest absolute Gasteiger partial charge is 0.264 e. The van der Waals surface area contributed by atoms with Gasteiger partial charge in [0.2, 0.25) is 0 Å². The van der Waals surface area contributed by atoms with Gasteiger partial charge in [-0.1, -0.05) is 35.9 Å². The minimum absolute atomic E-state index is 0.102. The van der Waals surface area contributed by atoms with Gasteiger partial charge in [0.25, 0.3) is 5.91 Å². The molecule has 1 aliphatic rings. The predicted molar refractivity (Wildman–Crippen MR) is 86.9 cm³/mol. The maximum absolute atomic E-state index is 11.7. The first-order valence-corrected chi connectivity index (χ1v) is 7.45. The highest BCUT2D eigenvalue weighted by Gasteiger charge is 2.22. The number of allylic oxidation sites excluding steroid dienone is 2. The minimum Gasteiger partial charge on any atom is -0.301 e.